The Balaban J connectivity index is 1.89. The van der Waals surface area contributed by atoms with Crippen LogP contribution in [0.2, 0.25) is 0 Å². The summed E-state index contributed by atoms with van der Waals surface area (Å²) >= 11 is 8.18. The number of thiazole rings is 1. The Morgan fingerprint density at radius 2 is 2.06 bits per heavy atom. The standard InChI is InChI=1S/C27H39ClN2O5S/c1-5-20-25(33)17(3)35-12-9-16(2)7-8-22(21(28)13-19-15-36-18(4)29-19)30-24(32)14-23(31)27(26(20)34)10-6-11-27/h7,13,15,17,20,22-23,25,31,33H,5-6,8-12,14H2,1-4H3,(H,30,32)/b16-7-,21-13-/t17-,20-,22+,23+,25-/m1/s1. The molecule has 1 saturated carbocycles. The van der Waals surface area contributed by atoms with Crippen LogP contribution in [0.5, 0.6) is 0 Å². The lowest BCUT2D eigenvalue weighted by Gasteiger charge is -2.46. The average molecular weight is 539 g/mol. The van der Waals surface area contributed by atoms with Crippen molar-refractivity contribution >= 4 is 40.7 Å². The molecule has 5 atom stereocenters. The fourth-order valence-corrected chi connectivity index (χ4v) is 5.88. The molecule has 1 aromatic heterocycles. The van der Waals surface area contributed by atoms with Crippen LogP contribution in [0.3, 0.4) is 0 Å². The van der Waals surface area contributed by atoms with Gasteiger partial charge in [0.1, 0.15) is 5.78 Å². The van der Waals surface area contributed by atoms with E-state index in [9.17, 15) is 19.8 Å². The van der Waals surface area contributed by atoms with Gasteiger partial charge in [-0.05, 0) is 59.0 Å². The summed E-state index contributed by atoms with van der Waals surface area (Å²) in [5.74, 6) is -1.19. The molecule has 36 heavy (non-hydrogen) atoms. The minimum Gasteiger partial charge on any atom is -0.392 e. The lowest BCUT2D eigenvalue weighted by atomic mass is 9.58. The third-order valence-electron chi connectivity index (χ3n) is 7.59. The van der Waals surface area contributed by atoms with Crippen LogP contribution in [0.25, 0.3) is 6.08 Å². The number of aryl methyl sites for hydroxylation is 1. The average Bonchev–Trinajstić information content (AvgIpc) is 3.19. The molecule has 0 bridgehead atoms. The van der Waals surface area contributed by atoms with Gasteiger partial charge in [-0.1, -0.05) is 36.6 Å². The summed E-state index contributed by atoms with van der Waals surface area (Å²) in [6, 6.07) is -0.491. The highest BCUT2D eigenvalue weighted by atomic mass is 35.5. The number of aliphatic hydroxyl groups excluding tert-OH is 2. The number of hydrogen-bond donors (Lipinski definition) is 3. The molecule has 200 valence electrons. The second-order valence-corrected chi connectivity index (χ2v) is 11.7. The van der Waals surface area contributed by atoms with E-state index in [1.807, 2.05) is 32.2 Å². The maximum Gasteiger partial charge on any atom is 0.223 e. The Bertz CT molecular complexity index is 987. The van der Waals surface area contributed by atoms with E-state index in [0.717, 1.165) is 22.7 Å². The first-order valence-electron chi connectivity index (χ1n) is 12.8. The summed E-state index contributed by atoms with van der Waals surface area (Å²) in [6.07, 6.45) is 4.31. The topological polar surface area (TPSA) is 109 Å². The highest BCUT2D eigenvalue weighted by Crippen LogP contribution is 2.48. The number of aromatic nitrogens is 1. The first kappa shape index (κ1) is 29.0. The number of carbonyl (C=O) groups excluding carboxylic acids is 2. The summed E-state index contributed by atoms with van der Waals surface area (Å²) in [6.45, 7) is 7.94. The van der Waals surface area contributed by atoms with Crippen molar-refractivity contribution in [1.82, 2.24) is 10.3 Å². The van der Waals surface area contributed by atoms with Gasteiger partial charge in [0.15, 0.2) is 0 Å². The molecule has 1 aliphatic heterocycles. The van der Waals surface area contributed by atoms with Crippen molar-refractivity contribution in [2.75, 3.05) is 6.61 Å². The van der Waals surface area contributed by atoms with E-state index in [0.29, 0.717) is 43.7 Å². The van der Waals surface area contributed by atoms with Gasteiger partial charge in [0.25, 0.3) is 0 Å². The molecule has 0 aromatic carbocycles. The predicted molar refractivity (Wildman–Crippen MR) is 143 cm³/mol. The number of rotatable bonds is 3. The Morgan fingerprint density at radius 1 is 1.33 bits per heavy atom. The van der Waals surface area contributed by atoms with Gasteiger partial charge >= 0.3 is 0 Å². The van der Waals surface area contributed by atoms with Crippen LogP contribution >= 0.6 is 22.9 Å². The quantitative estimate of drug-likeness (QED) is 0.487. The largest absolute Gasteiger partial charge is 0.392 e. The zero-order valence-electron chi connectivity index (χ0n) is 21.6. The number of ketones is 1. The smallest absolute Gasteiger partial charge is 0.223 e. The van der Waals surface area contributed by atoms with Crippen molar-refractivity contribution in [3.63, 3.8) is 0 Å². The van der Waals surface area contributed by atoms with Crippen molar-refractivity contribution < 1.29 is 24.5 Å². The van der Waals surface area contributed by atoms with E-state index in [1.165, 1.54) is 11.3 Å². The number of hydrogen-bond acceptors (Lipinski definition) is 7. The molecule has 1 aromatic rings. The molecule has 3 rings (SSSR count). The molecular formula is C27H39ClN2O5S. The molecule has 7 nitrogen and oxygen atoms in total. The van der Waals surface area contributed by atoms with E-state index in [4.69, 9.17) is 16.3 Å². The van der Waals surface area contributed by atoms with Gasteiger partial charge in [0, 0.05) is 16.3 Å². The molecule has 2 aliphatic rings. The summed E-state index contributed by atoms with van der Waals surface area (Å²) in [5, 5.41) is 28.3. The van der Waals surface area contributed by atoms with Crippen LogP contribution in [0.15, 0.2) is 22.1 Å². The molecule has 0 radical (unpaired) electrons. The molecular weight excluding hydrogens is 500 g/mol. The summed E-state index contributed by atoms with van der Waals surface area (Å²) < 4.78 is 5.91. The highest BCUT2D eigenvalue weighted by Gasteiger charge is 2.53. The second kappa shape index (κ2) is 12.8. The van der Waals surface area contributed by atoms with Crippen LogP contribution in [-0.4, -0.2) is 57.8 Å². The Labute approximate surface area is 223 Å². The summed E-state index contributed by atoms with van der Waals surface area (Å²) in [7, 11) is 0. The van der Waals surface area contributed by atoms with Crippen LogP contribution < -0.4 is 5.32 Å². The summed E-state index contributed by atoms with van der Waals surface area (Å²) in [5.41, 5.74) is 0.781. The Kier molecular flexibility index (Phi) is 10.3. The molecule has 1 fully saturated rings. The van der Waals surface area contributed by atoms with Crippen molar-refractivity contribution in [3.8, 4) is 0 Å². The zero-order chi connectivity index (χ0) is 26.5. The van der Waals surface area contributed by atoms with Crippen LogP contribution in [0.4, 0.5) is 0 Å². The van der Waals surface area contributed by atoms with E-state index in [1.54, 1.807) is 13.0 Å². The zero-order valence-corrected chi connectivity index (χ0v) is 23.2. The number of amides is 1. The first-order chi connectivity index (χ1) is 17.1. The van der Waals surface area contributed by atoms with Gasteiger partial charge in [-0.3, -0.25) is 9.59 Å². The molecule has 0 saturated heterocycles. The summed E-state index contributed by atoms with van der Waals surface area (Å²) in [4.78, 5) is 31.1. The van der Waals surface area contributed by atoms with Crippen LogP contribution in [0.1, 0.15) is 76.4 Å². The molecule has 3 N–H and O–H groups in total. The van der Waals surface area contributed by atoms with Gasteiger partial charge in [0.2, 0.25) is 5.91 Å². The number of nitrogens with zero attached hydrogens (tertiary/aromatic N) is 1. The molecule has 9 heteroatoms. The lowest BCUT2D eigenvalue weighted by Crippen LogP contribution is -2.54. The minimum atomic E-state index is -1.13. The molecule has 1 amide bonds. The van der Waals surface area contributed by atoms with Crippen molar-refractivity contribution in [2.24, 2.45) is 11.3 Å². The number of ether oxygens (including phenoxy) is 1. The molecule has 0 unspecified atom stereocenters. The van der Waals surface area contributed by atoms with Gasteiger partial charge < -0.3 is 20.3 Å². The monoisotopic (exact) mass is 538 g/mol. The van der Waals surface area contributed by atoms with Crippen LogP contribution in [0, 0.1) is 18.3 Å². The van der Waals surface area contributed by atoms with Crippen molar-refractivity contribution in [2.45, 2.75) is 97.0 Å². The number of aliphatic hydroxyl groups is 2. The van der Waals surface area contributed by atoms with E-state index in [-0.39, 0.29) is 18.1 Å². The Hall–Kier alpha value is -1.58. The van der Waals surface area contributed by atoms with Crippen molar-refractivity contribution in [3.05, 3.63) is 32.8 Å². The van der Waals surface area contributed by atoms with E-state index >= 15 is 0 Å². The number of nitrogens with one attached hydrogen (secondary N) is 1. The maximum atomic E-state index is 13.6. The number of Topliss-reactive ketones (excluding diaryl/α,β-unsaturated/α-hetero) is 1. The predicted octanol–water partition coefficient (Wildman–Crippen LogP) is 4.54. The SMILES string of the molecule is CC[C@H]1C(=O)C2(CCC2)[C@@H](O)CC(=O)N[C@H](/C(Cl)=C/c2csc(C)n2)C/C=C(/C)CCO[C@H](C)[C@H]1O. The lowest BCUT2D eigenvalue weighted by molar-refractivity contribution is -0.158. The minimum absolute atomic E-state index is 0.170. The normalized spacial score (nSPS) is 32.5. The van der Waals surface area contributed by atoms with Gasteiger partial charge in [-0.15, -0.1) is 11.3 Å². The first-order valence-corrected chi connectivity index (χ1v) is 14.1. The van der Waals surface area contributed by atoms with E-state index < -0.39 is 35.7 Å². The Morgan fingerprint density at radius 3 is 2.64 bits per heavy atom. The third-order valence-corrected chi connectivity index (χ3v) is 8.76. The van der Waals surface area contributed by atoms with Gasteiger partial charge in [-0.25, -0.2) is 4.98 Å². The fraction of sp³-hybridized carbons (Fsp3) is 0.667. The molecule has 2 heterocycles. The van der Waals surface area contributed by atoms with Gasteiger partial charge in [0.05, 0.1) is 53.5 Å². The number of halogens is 1. The van der Waals surface area contributed by atoms with Crippen LogP contribution in [-0.2, 0) is 14.3 Å². The highest BCUT2D eigenvalue weighted by molar-refractivity contribution is 7.09. The maximum absolute atomic E-state index is 13.6. The molecule has 1 aliphatic carbocycles. The second-order valence-electron chi connectivity index (χ2n) is 10.2. The van der Waals surface area contributed by atoms with Gasteiger partial charge in [-0.2, -0.15) is 0 Å². The third kappa shape index (κ3) is 6.84. The fourth-order valence-electron chi connectivity index (χ4n) is 5.06. The van der Waals surface area contributed by atoms with Crippen molar-refractivity contribution in [1.29, 1.82) is 0 Å². The molecule has 1 spiro atoms. The number of carbonyl (C=O) groups is 2. The van der Waals surface area contributed by atoms with E-state index in [2.05, 4.69) is 10.3 Å².